The molecule has 3 rings (SSSR count). The first-order valence-electron chi connectivity index (χ1n) is 8.13. The van der Waals surface area contributed by atoms with Crippen molar-refractivity contribution in [3.8, 4) is 11.5 Å². The average molecular weight is 320 g/mol. The highest BCUT2D eigenvalue weighted by Gasteiger charge is 2.28. The molecule has 1 fully saturated rings. The van der Waals surface area contributed by atoms with Crippen molar-refractivity contribution in [3.05, 3.63) is 18.2 Å². The van der Waals surface area contributed by atoms with E-state index >= 15 is 0 Å². The van der Waals surface area contributed by atoms with E-state index in [1.165, 1.54) is 0 Å². The number of fused-ring (bicyclic) bond motifs is 1. The zero-order chi connectivity index (χ0) is 16.4. The molecule has 1 amide bonds. The zero-order valence-electron chi connectivity index (χ0n) is 13.9. The predicted molar refractivity (Wildman–Crippen MR) is 87.1 cm³/mol. The molecule has 0 aromatic heterocycles. The van der Waals surface area contributed by atoms with Gasteiger partial charge in [-0.3, -0.25) is 4.79 Å². The highest BCUT2D eigenvalue weighted by molar-refractivity contribution is 5.84. The van der Waals surface area contributed by atoms with Crippen LogP contribution in [0.3, 0.4) is 0 Å². The minimum absolute atomic E-state index is 0.0733. The highest BCUT2D eigenvalue weighted by atomic mass is 16.6. The molecule has 0 aliphatic carbocycles. The summed E-state index contributed by atoms with van der Waals surface area (Å²) in [6.45, 7) is 8.26. The first-order valence-corrected chi connectivity index (χ1v) is 8.13. The second-order valence-electron chi connectivity index (χ2n) is 6.23. The Hall–Kier alpha value is -1.95. The lowest BCUT2D eigenvalue weighted by atomic mass is 10.2. The average Bonchev–Trinajstić information content (AvgIpc) is 2.53. The molecule has 1 aromatic rings. The molecule has 1 N–H and O–H groups in total. The van der Waals surface area contributed by atoms with Crippen molar-refractivity contribution in [2.45, 2.75) is 39.0 Å². The van der Waals surface area contributed by atoms with Crippen LogP contribution in [-0.2, 0) is 9.53 Å². The van der Waals surface area contributed by atoms with E-state index < -0.39 is 0 Å². The molecular weight excluding hydrogens is 296 g/mol. The lowest BCUT2D eigenvalue weighted by Crippen LogP contribution is -2.52. The molecule has 2 heterocycles. The van der Waals surface area contributed by atoms with Gasteiger partial charge in [0, 0.05) is 24.8 Å². The summed E-state index contributed by atoms with van der Waals surface area (Å²) in [5, 5.41) is 3.25. The van der Waals surface area contributed by atoms with Crippen molar-refractivity contribution in [1.82, 2.24) is 4.90 Å². The number of benzene rings is 1. The van der Waals surface area contributed by atoms with Gasteiger partial charge in [0.25, 0.3) is 0 Å². The number of ether oxygens (including phenoxy) is 3. The summed E-state index contributed by atoms with van der Waals surface area (Å²) in [5.74, 6) is 1.55. The third-order valence-electron chi connectivity index (χ3n) is 4.03. The molecule has 3 unspecified atom stereocenters. The largest absolute Gasteiger partial charge is 0.486 e. The minimum atomic E-state index is -0.310. The Morgan fingerprint density at radius 2 is 1.83 bits per heavy atom. The number of hydrogen-bond donors (Lipinski definition) is 1. The fraction of sp³-hybridized carbons (Fsp3) is 0.588. The quantitative estimate of drug-likeness (QED) is 0.922. The van der Waals surface area contributed by atoms with Crippen LogP contribution in [0.5, 0.6) is 11.5 Å². The Kier molecular flexibility index (Phi) is 4.61. The molecule has 0 radical (unpaired) electrons. The van der Waals surface area contributed by atoms with Crippen molar-refractivity contribution in [2.75, 3.05) is 31.6 Å². The summed E-state index contributed by atoms with van der Waals surface area (Å²) < 4.78 is 16.8. The van der Waals surface area contributed by atoms with Gasteiger partial charge in [-0.2, -0.15) is 0 Å². The van der Waals surface area contributed by atoms with E-state index in [2.05, 4.69) is 5.32 Å². The van der Waals surface area contributed by atoms with Crippen LogP contribution in [-0.4, -0.2) is 55.4 Å². The molecule has 0 saturated carbocycles. The van der Waals surface area contributed by atoms with Crippen LogP contribution in [0.15, 0.2) is 18.2 Å². The predicted octanol–water partition coefficient (Wildman–Crippen LogP) is 1.89. The maximum Gasteiger partial charge on any atom is 0.244 e. The Balaban J connectivity index is 1.64. The summed E-state index contributed by atoms with van der Waals surface area (Å²) in [6.07, 6.45) is 0.147. The van der Waals surface area contributed by atoms with Gasteiger partial charge >= 0.3 is 0 Å². The monoisotopic (exact) mass is 320 g/mol. The summed E-state index contributed by atoms with van der Waals surface area (Å²) in [4.78, 5) is 14.5. The van der Waals surface area contributed by atoms with E-state index in [0.29, 0.717) is 26.3 Å². The first kappa shape index (κ1) is 15.9. The van der Waals surface area contributed by atoms with Gasteiger partial charge in [-0.1, -0.05) is 0 Å². The highest BCUT2D eigenvalue weighted by Crippen LogP contribution is 2.32. The van der Waals surface area contributed by atoms with Crippen molar-refractivity contribution in [1.29, 1.82) is 0 Å². The molecule has 126 valence electrons. The molecule has 0 spiro atoms. The van der Waals surface area contributed by atoms with E-state index in [1.54, 1.807) is 0 Å². The van der Waals surface area contributed by atoms with Crippen molar-refractivity contribution in [3.63, 3.8) is 0 Å². The molecule has 23 heavy (non-hydrogen) atoms. The molecule has 2 aliphatic heterocycles. The number of nitrogens with one attached hydrogen (secondary N) is 1. The fourth-order valence-corrected chi connectivity index (χ4v) is 3.08. The SMILES string of the molecule is CC1CN(C(=O)C(C)Nc2ccc3c(c2)OCCO3)CC(C)O1. The Bertz CT molecular complexity index is 568. The van der Waals surface area contributed by atoms with Gasteiger partial charge in [0.1, 0.15) is 19.3 Å². The van der Waals surface area contributed by atoms with Crippen molar-refractivity contribution in [2.24, 2.45) is 0 Å². The van der Waals surface area contributed by atoms with Crippen LogP contribution < -0.4 is 14.8 Å². The topological polar surface area (TPSA) is 60.0 Å². The van der Waals surface area contributed by atoms with Gasteiger partial charge in [-0.05, 0) is 32.9 Å². The summed E-state index contributed by atoms with van der Waals surface area (Å²) >= 11 is 0. The lowest BCUT2D eigenvalue weighted by molar-refractivity contribution is -0.143. The molecule has 1 aromatic carbocycles. The molecule has 6 nitrogen and oxygen atoms in total. The second kappa shape index (κ2) is 6.66. The van der Waals surface area contributed by atoms with Crippen LogP contribution in [0.25, 0.3) is 0 Å². The normalized spacial score (nSPS) is 24.9. The van der Waals surface area contributed by atoms with Gasteiger partial charge in [0.15, 0.2) is 11.5 Å². The Labute approximate surface area is 136 Å². The molecular formula is C17H24N2O4. The van der Waals surface area contributed by atoms with Crippen LogP contribution in [0.1, 0.15) is 20.8 Å². The maximum absolute atomic E-state index is 12.6. The van der Waals surface area contributed by atoms with Crippen LogP contribution >= 0.6 is 0 Å². The van der Waals surface area contributed by atoms with Gasteiger partial charge in [0.05, 0.1) is 12.2 Å². The number of amides is 1. The first-order chi connectivity index (χ1) is 11.0. The summed E-state index contributed by atoms with van der Waals surface area (Å²) in [7, 11) is 0. The number of carbonyl (C=O) groups is 1. The zero-order valence-corrected chi connectivity index (χ0v) is 13.9. The number of morpholine rings is 1. The van der Waals surface area contributed by atoms with Gasteiger partial charge in [-0.15, -0.1) is 0 Å². The Morgan fingerprint density at radius 3 is 2.52 bits per heavy atom. The number of hydrogen-bond acceptors (Lipinski definition) is 5. The number of carbonyl (C=O) groups excluding carboxylic acids is 1. The van der Waals surface area contributed by atoms with E-state index in [1.807, 2.05) is 43.9 Å². The van der Waals surface area contributed by atoms with Gasteiger partial charge in [-0.25, -0.2) is 0 Å². The third-order valence-corrected chi connectivity index (χ3v) is 4.03. The summed E-state index contributed by atoms with van der Waals surface area (Å²) in [5.41, 5.74) is 0.851. The lowest BCUT2D eigenvalue weighted by Gasteiger charge is -2.36. The Morgan fingerprint density at radius 1 is 1.17 bits per heavy atom. The number of nitrogens with zero attached hydrogens (tertiary/aromatic N) is 1. The van der Waals surface area contributed by atoms with Crippen molar-refractivity contribution < 1.29 is 19.0 Å². The second-order valence-corrected chi connectivity index (χ2v) is 6.23. The van der Waals surface area contributed by atoms with E-state index in [0.717, 1.165) is 17.2 Å². The smallest absolute Gasteiger partial charge is 0.244 e. The van der Waals surface area contributed by atoms with E-state index in [4.69, 9.17) is 14.2 Å². The number of anilines is 1. The molecule has 2 aliphatic rings. The van der Waals surface area contributed by atoms with Gasteiger partial charge in [0.2, 0.25) is 5.91 Å². The van der Waals surface area contributed by atoms with Crippen LogP contribution in [0, 0.1) is 0 Å². The molecule has 0 bridgehead atoms. The fourth-order valence-electron chi connectivity index (χ4n) is 3.08. The molecule has 6 heteroatoms. The third kappa shape index (κ3) is 3.69. The van der Waals surface area contributed by atoms with Gasteiger partial charge < -0.3 is 24.4 Å². The summed E-state index contributed by atoms with van der Waals surface area (Å²) in [6, 6.07) is 5.34. The minimum Gasteiger partial charge on any atom is -0.486 e. The van der Waals surface area contributed by atoms with E-state index in [9.17, 15) is 4.79 Å². The van der Waals surface area contributed by atoms with Crippen molar-refractivity contribution >= 4 is 11.6 Å². The van der Waals surface area contributed by atoms with Crippen LogP contribution in [0.2, 0.25) is 0 Å². The standard InChI is InChI=1S/C17H24N2O4/c1-11-9-19(10-12(2)23-11)17(20)13(3)18-14-4-5-15-16(8-14)22-7-6-21-15/h4-5,8,11-13,18H,6-7,9-10H2,1-3H3. The van der Waals surface area contributed by atoms with E-state index in [-0.39, 0.29) is 24.2 Å². The molecule has 1 saturated heterocycles. The maximum atomic E-state index is 12.6. The van der Waals surface area contributed by atoms with Crippen LogP contribution in [0.4, 0.5) is 5.69 Å². The number of rotatable bonds is 3. The molecule has 3 atom stereocenters.